The van der Waals surface area contributed by atoms with Gasteiger partial charge in [-0.15, -0.1) is 0 Å². The molecule has 0 radical (unpaired) electrons. The third-order valence-electron chi connectivity index (χ3n) is 4.77. The summed E-state index contributed by atoms with van der Waals surface area (Å²) in [4.78, 5) is 19.5. The van der Waals surface area contributed by atoms with Crippen LogP contribution in [0.15, 0.2) is 27.7 Å². The minimum atomic E-state index is -0.315. The molecule has 0 amide bonds. The smallest absolute Gasteiger partial charge is 0.235 e. The molecule has 0 bridgehead atoms. The highest BCUT2D eigenvalue weighted by molar-refractivity contribution is 9.10. The normalized spacial score (nSPS) is 21.5. The lowest BCUT2D eigenvalue weighted by atomic mass is 9.72. The number of hydrogen-bond donors (Lipinski definition) is 0. The van der Waals surface area contributed by atoms with Crippen molar-refractivity contribution in [1.29, 1.82) is 0 Å². The molecule has 112 valence electrons. The molecule has 1 aliphatic heterocycles. The van der Waals surface area contributed by atoms with Gasteiger partial charge in [0.25, 0.3) is 0 Å². The maximum absolute atomic E-state index is 10.7. The van der Waals surface area contributed by atoms with Gasteiger partial charge in [-0.3, -0.25) is 0 Å². The van der Waals surface area contributed by atoms with Gasteiger partial charge < -0.3 is 9.80 Å². The van der Waals surface area contributed by atoms with Crippen molar-refractivity contribution in [2.45, 2.75) is 24.8 Å². The number of isocyanates is 1. The molecule has 5 heteroatoms. The lowest BCUT2D eigenvalue weighted by Gasteiger charge is -2.38. The van der Waals surface area contributed by atoms with Crippen LogP contribution in [0, 0.1) is 0 Å². The fourth-order valence-corrected chi connectivity index (χ4v) is 3.79. The van der Waals surface area contributed by atoms with Crippen LogP contribution in [0.25, 0.3) is 0 Å². The first kappa shape index (κ1) is 14.8. The van der Waals surface area contributed by atoms with E-state index in [2.05, 4.69) is 56.0 Å². The molecular weight excluding hydrogens is 330 g/mol. The summed E-state index contributed by atoms with van der Waals surface area (Å²) in [5.74, 6) is 0. The number of benzene rings is 1. The molecule has 1 aromatic carbocycles. The minimum absolute atomic E-state index is 0.315. The highest BCUT2D eigenvalue weighted by Gasteiger charge is 2.39. The van der Waals surface area contributed by atoms with Crippen molar-refractivity contribution in [2.24, 2.45) is 4.99 Å². The lowest BCUT2D eigenvalue weighted by molar-refractivity contribution is 0.256. The topological polar surface area (TPSA) is 35.9 Å². The lowest BCUT2D eigenvalue weighted by Crippen LogP contribution is -2.44. The Bertz CT molecular complexity index is 571. The Balaban J connectivity index is 1.84. The summed E-state index contributed by atoms with van der Waals surface area (Å²) in [6.45, 7) is 4.28. The summed E-state index contributed by atoms with van der Waals surface area (Å²) in [5, 5.41) is 0. The Labute approximate surface area is 134 Å². The van der Waals surface area contributed by atoms with Crippen molar-refractivity contribution < 1.29 is 4.79 Å². The molecule has 4 nitrogen and oxygen atoms in total. The van der Waals surface area contributed by atoms with E-state index >= 15 is 0 Å². The average molecular weight is 350 g/mol. The van der Waals surface area contributed by atoms with Crippen molar-refractivity contribution in [1.82, 2.24) is 4.90 Å². The van der Waals surface area contributed by atoms with Gasteiger partial charge in [0.15, 0.2) is 0 Å². The van der Waals surface area contributed by atoms with Crippen LogP contribution in [0.4, 0.5) is 5.69 Å². The summed E-state index contributed by atoms with van der Waals surface area (Å²) in [6.07, 6.45) is 4.78. The van der Waals surface area contributed by atoms with E-state index in [1.807, 2.05) is 0 Å². The fourth-order valence-electron chi connectivity index (χ4n) is 3.16. The summed E-state index contributed by atoms with van der Waals surface area (Å²) < 4.78 is 1.09. The van der Waals surface area contributed by atoms with Crippen LogP contribution in [0.1, 0.15) is 24.8 Å². The quantitative estimate of drug-likeness (QED) is 0.621. The molecular formula is C16H20BrN3O. The van der Waals surface area contributed by atoms with Gasteiger partial charge in [-0.1, -0.05) is 6.07 Å². The van der Waals surface area contributed by atoms with E-state index < -0.39 is 0 Å². The van der Waals surface area contributed by atoms with E-state index in [1.165, 1.54) is 5.69 Å². The SMILES string of the molecule is CN1CCN(c2ccc(C3(N=C=O)CCC3)cc2Br)CC1. The second-order valence-electron chi connectivity index (χ2n) is 6.04. The molecule has 21 heavy (non-hydrogen) atoms. The maximum atomic E-state index is 10.7. The second-order valence-corrected chi connectivity index (χ2v) is 6.90. The van der Waals surface area contributed by atoms with E-state index in [0.717, 1.165) is 55.5 Å². The molecule has 1 saturated carbocycles. The summed E-state index contributed by atoms with van der Waals surface area (Å²) in [5.41, 5.74) is 2.04. The predicted molar refractivity (Wildman–Crippen MR) is 87.5 cm³/mol. The number of rotatable bonds is 3. The molecule has 0 spiro atoms. The molecule has 3 rings (SSSR count). The monoisotopic (exact) mass is 349 g/mol. The molecule has 0 unspecified atom stereocenters. The number of halogens is 1. The van der Waals surface area contributed by atoms with Gasteiger partial charge in [0.05, 0.1) is 11.2 Å². The van der Waals surface area contributed by atoms with Gasteiger partial charge in [0.1, 0.15) is 0 Å². The summed E-state index contributed by atoms with van der Waals surface area (Å²) in [6, 6.07) is 6.41. The van der Waals surface area contributed by atoms with E-state index in [0.29, 0.717) is 0 Å². The van der Waals surface area contributed by atoms with Crippen molar-refractivity contribution in [3.63, 3.8) is 0 Å². The van der Waals surface area contributed by atoms with Gasteiger partial charge in [0.2, 0.25) is 6.08 Å². The number of likely N-dealkylation sites (N-methyl/N-ethyl adjacent to an activating group) is 1. The van der Waals surface area contributed by atoms with E-state index in [9.17, 15) is 4.79 Å². The van der Waals surface area contributed by atoms with Crippen molar-refractivity contribution >= 4 is 27.7 Å². The largest absolute Gasteiger partial charge is 0.368 e. The van der Waals surface area contributed by atoms with Gasteiger partial charge in [-0.25, -0.2) is 4.79 Å². The highest BCUT2D eigenvalue weighted by Crippen LogP contribution is 2.46. The van der Waals surface area contributed by atoms with Crippen LogP contribution in [0.5, 0.6) is 0 Å². The Kier molecular flexibility index (Phi) is 4.16. The summed E-state index contributed by atoms with van der Waals surface area (Å²) >= 11 is 3.70. The van der Waals surface area contributed by atoms with Crippen LogP contribution in [0.3, 0.4) is 0 Å². The van der Waals surface area contributed by atoms with Gasteiger partial charge in [-0.05, 0) is 59.9 Å². The van der Waals surface area contributed by atoms with Gasteiger partial charge in [0, 0.05) is 30.7 Å². The zero-order valence-corrected chi connectivity index (χ0v) is 13.9. The zero-order chi connectivity index (χ0) is 14.9. The Morgan fingerprint density at radius 3 is 2.48 bits per heavy atom. The molecule has 0 aromatic heterocycles. The van der Waals surface area contributed by atoms with Crippen molar-refractivity contribution in [3.05, 3.63) is 28.2 Å². The molecule has 2 fully saturated rings. The van der Waals surface area contributed by atoms with Crippen LogP contribution in [-0.4, -0.2) is 44.2 Å². The molecule has 1 aliphatic carbocycles. The Morgan fingerprint density at radius 2 is 1.95 bits per heavy atom. The third kappa shape index (κ3) is 2.78. The third-order valence-corrected chi connectivity index (χ3v) is 5.40. The van der Waals surface area contributed by atoms with E-state index in [-0.39, 0.29) is 5.54 Å². The van der Waals surface area contributed by atoms with Crippen molar-refractivity contribution in [3.8, 4) is 0 Å². The molecule has 1 heterocycles. The Morgan fingerprint density at radius 1 is 1.24 bits per heavy atom. The highest BCUT2D eigenvalue weighted by atomic mass is 79.9. The molecule has 1 saturated heterocycles. The summed E-state index contributed by atoms with van der Waals surface area (Å²) in [7, 11) is 2.16. The standard InChI is InChI=1S/C16H20BrN3O/c1-19-7-9-20(10-8-19)15-4-3-13(11-14(15)17)16(18-12-21)5-2-6-16/h3-4,11H,2,5-10H2,1H3. The molecule has 0 N–H and O–H groups in total. The molecule has 0 atom stereocenters. The van der Waals surface area contributed by atoms with Crippen molar-refractivity contribution in [2.75, 3.05) is 38.1 Å². The van der Waals surface area contributed by atoms with Crippen LogP contribution >= 0.6 is 15.9 Å². The van der Waals surface area contributed by atoms with Crippen LogP contribution in [-0.2, 0) is 10.3 Å². The first-order chi connectivity index (χ1) is 10.1. The first-order valence-electron chi connectivity index (χ1n) is 7.47. The van der Waals surface area contributed by atoms with Crippen LogP contribution in [0.2, 0.25) is 0 Å². The zero-order valence-electron chi connectivity index (χ0n) is 12.3. The number of carbonyl (C=O) groups excluding carboxylic acids is 1. The predicted octanol–water partition coefficient (Wildman–Crippen LogP) is 2.92. The Hall–Kier alpha value is -1.16. The number of hydrogen-bond acceptors (Lipinski definition) is 4. The number of piperazine rings is 1. The number of aliphatic imine (C=N–C) groups is 1. The maximum Gasteiger partial charge on any atom is 0.235 e. The average Bonchev–Trinajstić information content (AvgIpc) is 2.44. The van der Waals surface area contributed by atoms with E-state index in [1.54, 1.807) is 6.08 Å². The van der Waals surface area contributed by atoms with Crippen LogP contribution < -0.4 is 4.90 Å². The first-order valence-corrected chi connectivity index (χ1v) is 8.26. The second kappa shape index (κ2) is 5.91. The minimum Gasteiger partial charge on any atom is -0.368 e. The van der Waals surface area contributed by atoms with Gasteiger partial charge in [-0.2, -0.15) is 4.99 Å². The molecule has 1 aromatic rings. The fraction of sp³-hybridized carbons (Fsp3) is 0.562. The number of anilines is 1. The van der Waals surface area contributed by atoms with Gasteiger partial charge >= 0.3 is 0 Å². The van der Waals surface area contributed by atoms with E-state index in [4.69, 9.17) is 0 Å². The number of nitrogens with zero attached hydrogens (tertiary/aromatic N) is 3. The molecule has 2 aliphatic rings.